The van der Waals surface area contributed by atoms with E-state index in [0.717, 1.165) is 16.8 Å². The molecule has 2 aliphatic rings. The molecule has 4 N–H and O–H groups in total. The minimum absolute atomic E-state index is 0.0398. The maximum atomic E-state index is 14.1. The van der Waals surface area contributed by atoms with Crippen LogP contribution in [0.4, 0.5) is 16.3 Å². The highest BCUT2D eigenvalue weighted by Gasteiger charge is 2.33. The molecule has 13 nitrogen and oxygen atoms in total. The molecule has 3 amide bonds. The van der Waals surface area contributed by atoms with Gasteiger partial charge in [0.2, 0.25) is 5.91 Å². The number of anilines is 2. The summed E-state index contributed by atoms with van der Waals surface area (Å²) in [7, 11) is 1.58. The summed E-state index contributed by atoms with van der Waals surface area (Å²) in [6, 6.07) is 12.3. The minimum atomic E-state index is -0.807. The molecule has 15 heteroatoms. The van der Waals surface area contributed by atoms with Gasteiger partial charge in [-0.15, -0.1) is 0 Å². The van der Waals surface area contributed by atoms with Crippen molar-refractivity contribution in [3.63, 3.8) is 0 Å². The number of ether oxygens (including phenoxy) is 1. The zero-order chi connectivity index (χ0) is 33.8. The Morgan fingerprint density at radius 2 is 1.73 bits per heavy atom. The van der Waals surface area contributed by atoms with Crippen molar-refractivity contribution in [2.75, 3.05) is 57.0 Å². The molecule has 48 heavy (non-hydrogen) atoms. The number of nitrogens with one attached hydrogen (secondary N) is 2. The largest absolute Gasteiger partial charge is 0.491 e. The second-order valence-electron chi connectivity index (χ2n) is 11.9. The zero-order valence-electron chi connectivity index (χ0n) is 26.4. The molecule has 2 aromatic heterocycles. The molecule has 252 valence electrons. The van der Waals surface area contributed by atoms with Gasteiger partial charge < -0.3 is 35.5 Å². The number of carbonyl (C=O) groups is 2. The Hall–Kier alpha value is -4.37. The molecule has 4 heterocycles. The number of piperazine rings is 1. The van der Waals surface area contributed by atoms with E-state index in [2.05, 4.69) is 57.0 Å². The number of hydrogen-bond donors (Lipinski definition) is 3. The van der Waals surface area contributed by atoms with Gasteiger partial charge in [-0.25, -0.2) is 19.6 Å². The first-order valence-electron chi connectivity index (χ1n) is 15.7. The average molecular weight is 784 g/mol. The number of carbonyl (C=O) groups excluding carboxylic acids is 2. The number of H-pyrrole nitrogens is 1. The van der Waals surface area contributed by atoms with E-state index >= 15 is 0 Å². The standard InChI is InChI=1S/C33H37Br2N9O4/c1-48-28-18-37-20-38-30(28)41-11-13-42(14-12-41)31(45)26(17-21-15-24(34)29(36)25(35)16-21)39-32(46)43-9-7-23(8-10-43)44-19-27(40-33(44)47)22-5-3-2-4-6-22/h2-6,15-16,18-20,23,26H,7-14,17,36H2,1H3,(H,39,46)(H,40,47)/t26-/m0/s1. The summed E-state index contributed by atoms with van der Waals surface area (Å²) in [4.78, 5) is 57.5. The number of halogens is 2. The van der Waals surface area contributed by atoms with Crippen molar-refractivity contribution < 1.29 is 14.3 Å². The van der Waals surface area contributed by atoms with E-state index in [-0.39, 0.29) is 30.1 Å². The van der Waals surface area contributed by atoms with Gasteiger partial charge in [0.15, 0.2) is 11.6 Å². The number of piperidine rings is 1. The number of nitrogens with two attached hydrogens (primary N) is 1. The molecule has 0 bridgehead atoms. The van der Waals surface area contributed by atoms with E-state index in [9.17, 15) is 14.4 Å². The topological polar surface area (TPSA) is 155 Å². The van der Waals surface area contributed by atoms with E-state index in [1.807, 2.05) is 48.7 Å². The Morgan fingerprint density at radius 1 is 1.04 bits per heavy atom. The predicted molar refractivity (Wildman–Crippen MR) is 190 cm³/mol. The molecular weight excluding hydrogens is 746 g/mol. The molecule has 1 atom stereocenters. The van der Waals surface area contributed by atoms with Gasteiger partial charge in [0.05, 0.1) is 24.7 Å². The summed E-state index contributed by atoms with van der Waals surface area (Å²) in [5.74, 6) is 1.09. The van der Waals surface area contributed by atoms with Crippen LogP contribution in [-0.4, -0.2) is 93.7 Å². The van der Waals surface area contributed by atoms with E-state index < -0.39 is 6.04 Å². The molecule has 2 saturated heterocycles. The molecule has 0 aliphatic carbocycles. The van der Waals surface area contributed by atoms with Gasteiger partial charge in [-0.05, 0) is 68.0 Å². The summed E-state index contributed by atoms with van der Waals surface area (Å²) < 4.78 is 8.57. The minimum Gasteiger partial charge on any atom is -0.491 e. The predicted octanol–water partition coefficient (Wildman–Crippen LogP) is 4.06. The zero-order valence-corrected chi connectivity index (χ0v) is 29.6. The van der Waals surface area contributed by atoms with Crippen LogP contribution in [0.3, 0.4) is 0 Å². The van der Waals surface area contributed by atoms with Crippen molar-refractivity contribution in [1.82, 2.24) is 34.6 Å². The molecular formula is C33H37Br2N9O4. The number of rotatable bonds is 8. The highest BCUT2D eigenvalue weighted by atomic mass is 79.9. The molecule has 4 aromatic rings. The van der Waals surface area contributed by atoms with E-state index in [0.29, 0.717) is 78.3 Å². The fraction of sp³-hybridized carbons (Fsp3) is 0.364. The monoisotopic (exact) mass is 781 g/mol. The van der Waals surface area contributed by atoms with Gasteiger partial charge in [-0.1, -0.05) is 30.3 Å². The van der Waals surface area contributed by atoms with Crippen molar-refractivity contribution in [3.05, 3.63) is 86.2 Å². The van der Waals surface area contributed by atoms with Gasteiger partial charge in [0, 0.05) is 66.9 Å². The third kappa shape index (κ3) is 7.36. The molecule has 0 saturated carbocycles. The number of nitrogen functional groups attached to an aromatic ring is 1. The first-order chi connectivity index (χ1) is 23.2. The number of methoxy groups -OCH3 is 1. The second-order valence-corrected chi connectivity index (χ2v) is 13.6. The molecule has 2 aliphatic heterocycles. The quantitative estimate of drug-likeness (QED) is 0.226. The highest BCUT2D eigenvalue weighted by Crippen LogP contribution is 2.31. The summed E-state index contributed by atoms with van der Waals surface area (Å²) in [5, 5.41) is 3.04. The number of likely N-dealkylation sites (tertiary alicyclic amines) is 1. The summed E-state index contributed by atoms with van der Waals surface area (Å²) in [6.45, 7) is 2.92. The molecule has 6 rings (SSSR count). The number of aromatic amines is 1. The van der Waals surface area contributed by atoms with Crippen molar-refractivity contribution in [3.8, 4) is 17.0 Å². The number of urea groups is 1. The lowest BCUT2D eigenvalue weighted by molar-refractivity contribution is -0.133. The number of amides is 3. The summed E-state index contributed by atoms with van der Waals surface area (Å²) in [6.07, 6.45) is 6.46. The number of imidazole rings is 1. The Kier molecular flexibility index (Phi) is 10.3. The lowest BCUT2D eigenvalue weighted by Crippen LogP contribution is -2.57. The molecule has 0 spiro atoms. The lowest BCUT2D eigenvalue weighted by Gasteiger charge is -2.38. The fourth-order valence-electron chi connectivity index (χ4n) is 6.27. The van der Waals surface area contributed by atoms with Crippen LogP contribution in [0.1, 0.15) is 24.4 Å². The van der Waals surface area contributed by atoms with E-state index in [1.165, 1.54) is 6.33 Å². The van der Waals surface area contributed by atoms with Crippen molar-refractivity contribution >= 4 is 55.3 Å². The fourth-order valence-corrected chi connectivity index (χ4v) is 7.56. The van der Waals surface area contributed by atoms with Crippen molar-refractivity contribution in [2.45, 2.75) is 31.3 Å². The Labute approximate surface area is 294 Å². The number of benzene rings is 2. The van der Waals surface area contributed by atoms with Crippen LogP contribution >= 0.6 is 31.9 Å². The van der Waals surface area contributed by atoms with Crippen LogP contribution < -0.4 is 26.4 Å². The van der Waals surface area contributed by atoms with Crippen molar-refractivity contribution in [1.29, 1.82) is 0 Å². The summed E-state index contributed by atoms with van der Waals surface area (Å²) >= 11 is 7.00. The van der Waals surface area contributed by atoms with Gasteiger partial charge in [-0.2, -0.15) is 0 Å². The Morgan fingerprint density at radius 3 is 2.40 bits per heavy atom. The number of nitrogens with zero attached hydrogens (tertiary/aromatic N) is 6. The maximum Gasteiger partial charge on any atom is 0.326 e. The summed E-state index contributed by atoms with van der Waals surface area (Å²) in [5.41, 5.74) is 9.06. The molecule has 0 unspecified atom stereocenters. The van der Waals surface area contributed by atoms with Crippen LogP contribution in [0.15, 0.2) is 74.9 Å². The Balaban J connectivity index is 1.13. The maximum absolute atomic E-state index is 14.1. The van der Waals surface area contributed by atoms with Gasteiger partial charge >= 0.3 is 11.7 Å². The van der Waals surface area contributed by atoms with Crippen LogP contribution in [0.5, 0.6) is 5.75 Å². The second kappa shape index (κ2) is 14.8. The van der Waals surface area contributed by atoms with Gasteiger partial charge in [0.1, 0.15) is 12.4 Å². The van der Waals surface area contributed by atoms with E-state index in [4.69, 9.17) is 10.5 Å². The molecule has 2 aromatic carbocycles. The highest BCUT2D eigenvalue weighted by molar-refractivity contribution is 9.11. The molecule has 2 fully saturated rings. The smallest absolute Gasteiger partial charge is 0.326 e. The Bertz CT molecular complexity index is 1790. The van der Waals surface area contributed by atoms with Gasteiger partial charge in [0.25, 0.3) is 0 Å². The van der Waals surface area contributed by atoms with Crippen LogP contribution in [0.25, 0.3) is 11.3 Å². The van der Waals surface area contributed by atoms with E-state index in [1.54, 1.807) is 27.7 Å². The lowest BCUT2D eigenvalue weighted by atomic mass is 10.0. The van der Waals surface area contributed by atoms with Crippen molar-refractivity contribution in [2.24, 2.45) is 0 Å². The number of aromatic nitrogens is 4. The first-order valence-corrected chi connectivity index (χ1v) is 17.3. The number of hydrogen-bond acceptors (Lipinski definition) is 8. The first kappa shape index (κ1) is 33.5. The van der Waals surface area contributed by atoms with Crippen LogP contribution in [0.2, 0.25) is 0 Å². The van der Waals surface area contributed by atoms with Gasteiger partial charge in [-0.3, -0.25) is 9.36 Å². The van der Waals surface area contributed by atoms with Crippen LogP contribution in [0, 0.1) is 0 Å². The third-order valence-corrected chi connectivity index (χ3v) is 10.2. The van der Waals surface area contributed by atoms with Crippen LogP contribution in [-0.2, 0) is 11.2 Å². The third-order valence-electron chi connectivity index (χ3n) is 8.92. The normalized spacial score (nSPS) is 16.1. The SMILES string of the molecule is COc1cncnc1N1CCN(C(=O)[C@H](Cc2cc(Br)c(N)c(Br)c2)NC(=O)N2CCC(n3cc(-c4ccccc4)[nH]c3=O)CC2)CC1. The molecule has 0 radical (unpaired) electrons. The average Bonchev–Trinajstić information content (AvgIpc) is 3.51.